The number of hydrogen-bond donors (Lipinski definition) is 1. The molecule has 2 aromatic carbocycles. The van der Waals surface area contributed by atoms with Gasteiger partial charge in [0.2, 0.25) is 0 Å². The van der Waals surface area contributed by atoms with Gasteiger partial charge in [-0.05, 0) is 62.2 Å². The monoisotopic (exact) mass is 494 g/mol. The average molecular weight is 495 g/mol. The number of carbonyl (C=O) groups excluding carboxylic acids is 1. The number of fused-ring (bicyclic) bond motifs is 1. The minimum Gasteiger partial charge on any atom is -0.508 e. The first-order valence-electron chi connectivity index (χ1n) is 11.0. The van der Waals surface area contributed by atoms with E-state index in [-0.39, 0.29) is 23.0 Å². The fourth-order valence-corrected chi connectivity index (χ4v) is 4.98. The summed E-state index contributed by atoms with van der Waals surface area (Å²) in [6.07, 6.45) is 1.68. The fraction of sp³-hybridized carbons (Fsp3) is 0.269. The second-order valence-electron chi connectivity index (χ2n) is 8.24. The van der Waals surface area contributed by atoms with Gasteiger partial charge in [-0.1, -0.05) is 29.5 Å². The number of phenolic OH excluding ortho intramolecular Hbond substituents is 1. The Balaban J connectivity index is 1.94. The number of aromatic hydroxyl groups is 1. The van der Waals surface area contributed by atoms with Crippen LogP contribution in [0.1, 0.15) is 37.9 Å². The largest absolute Gasteiger partial charge is 0.508 e. The van der Waals surface area contributed by atoms with Crippen molar-refractivity contribution in [1.29, 1.82) is 0 Å². The van der Waals surface area contributed by atoms with E-state index in [0.29, 0.717) is 32.1 Å². The SMILES string of the molecule is COC(=O)C1=C(C)N=c2s/c(=C\c3ccc(O)cc3)c(=O)n2[C@H]1c1ccc(OC(C)C)c(OC)c1. The molecule has 1 aliphatic rings. The van der Waals surface area contributed by atoms with Crippen LogP contribution < -0.4 is 24.4 Å². The standard InChI is InChI=1S/C26H26N2O6S/c1-14(2)34-19-11-8-17(13-20(19)32-4)23-22(25(31)33-5)15(3)27-26-28(23)24(30)21(35-26)12-16-6-9-18(29)10-7-16/h6-14,23,29H,1-5H3/b21-12-/t23-/m0/s1. The Morgan fingerprint density at radius 3 is 2.49 bits per heavy atom. The van der Waals surface area contributed by atoms with Crippen LogP contribution in [-0.4, -0.2) is 36.0 Å². The first-order chi connectivity index (χ1) is 16.7. The maximum Gasteiger partial charge on any atom is 0.338 e. The number of thiazole rings is 1. The second-order valence-corrected chi connectivity index (χ2v) is 9.25. The molecule has 1 aromatic heterocycles. The lowest BCUT2D eigenvalue weighted by Gasteiger charge is -2.25. The molecule has 0 amide bonds. The topological polar surface area (TPSA) is 99.4 Å². The minimum absolute atomic E-state index is 0.0555. The molecule has 8 nitrogen and oxygen atoms in total. The third kappa shape index (κ3) is 4.72. The number of ether oxygens (including phenoxy) is 3. The van der Waals surface area contributed by atoms with E-state index in [1.807, 2.05) is 19.9 Å². The summed E-state index contributed by atoms with van der Waals surface area (Å²) in [7, 11) is 2.84. The molecule has 182 valence electrons. The smallest absolute Gasteiger partial charge is 0.338 e. The van der Waals surface area contributed by atoms with E-state index < -0.39 is 12.0 Å². The lowest BCUT2D eigenvalue weighted by Crippen LogP contribution is -2.39. The van der Waals surface area contributed by atoms with Gasteiger partial charge in [0, 0.05) is 0 Å². The third-order valence-electron chi connectivity index (χ3n) is 5.48. The molecular weight excluding hydrogens is 468 g/mol. The molecular formula is C26H26N2O6S. The highest BCUT2D eigenvalue weighted by molar-refractivity contribution is 7.07. The zero-order chi connectivity index (χ0) is 25.3. The number of hydrogen-bond acceptors (Lipinski definition) is 8. The number of rotatable bonds is 6. The van der Waals surface area contributed by atoms with Crippen molar-refractivity contribution in [2.75, 3.05) is 14.2 Å². The number of esters is 1. The summed E-state index contributed by atoms with van der Waals surface area (Å²) in [6, 6.07) is 11.1. The second kappa shape index (κ2) is 9.79. The van der Waals surface area contributed by atoms with Crippen LogP contribution in [0.4, 0.5) is 0 Å². The maximum atomic E-state index is 13.6. The summed E-state index contributed by atoms with van der Waals surface area (Å²) in [5.74, 6) is 0.624. The van der Waals surface area contributed by atoms with Crippen molar-refractivity contribution in [3.05, 3.63) is 84.5 Å². The van der Waals surface area contributed by atoms with Crippen LogP contribution in [0, 0.1) is 0 Å². The van der Waals surface area contributed by atoms with Crippen LogP contribution in [0.2, 0.25) is 0 Å². The molecule has 0 fully saturated rings. The predicted molar refractivity (Wildman–Crippen MR) is 133 cm³/mol. The highest BCUT2D eigenvalue weighted by Gasteiger charge is 2.33. The van der Waals surface area contributed by atoms with E-state index in [1.54, 1.807) is 49.4 Å². The van der Waals surface area contributed by atoms with Crippen molar-refractivity contribution in [3.8, 4) is 17.2 Å². The first kappa shape index (κ1) is 24.3. The summed E-state index contributed by atoms with van der Waals surface area (Å²) < 4.78 is 18.4. The van der Waals surface area contributed by atoms with Crippen LogP contribution in [0.15, 0.2) is 63.5 Å². The molecule has 0 saturated heterocycles. The van der Waals surface area contributed by atoms with E-state index in [0.717, 1.165) is 5.56 Å². The molecule has 35 heavy (non-hydrogen) atoms. The van der Waals surface area contributed by atoms with Crippen molar-refractivity contribution in [1.82, 2.24) is 4.57 Å². The lowest BCUT2D eigenvalue weighted by molar-refractivity contribution is -0.136. The van der Waals surface area contributed by atoms with Gasteiger partial charge in [-0.15, -0.1) is 0 Å². The molecule has 0 spiro atoms. The Morgan fingerprint density at radius 1 is 1.14 bits per heavy atom. The maximum absolute atomic E-state index is 13.6. The summed E-state index contributed by atoms with van der Waals surface area (Å²) in [5.41, 5.74) is 1.87. The molecule has 1 atom stereocenters. The summed E-state index contributed by atoms with van der Waals surface area (Å²) >= 11 is 1.23. The molecule has 0 bridgehead atoms. The Bertz CT molecular complexity index is 1480. The Hall–Kier alpha value is -3.85. The van der Waals surface area contributed by atoms with E-state index >= 15 is 0 Å². The van der Waals surface area contributed by atoms with Gasteiger partial charge in [0.15, 0.2) is 16.3 Å². The first-order valence-corrected chi connectivity index (χ1v) is 11.8. The molecule has 1 N–H and O–H groups in total. The average Bonchev–Trinajstić information content (AvgIpc) is 3.13. The Labute approximate surface area is 206 Å². The van der Waals surface area contributed by atoms with Crippen molar-refractivity contribution in [2.24, 2.45) is 4.99 Å². The minimum atomic E-state index is -0.761. The van der Waals surface area contributed by atoms with Crippen molar-refractivity contribution in [3.63, 3.8) is 0 Å². The van der Waals surface area contributed by atoms with Crippen LogP contribution in [0.3, 0.4) is 0 Å². The van der Waals surface area contributed by atoms with Gasteiger partial charge in [-0.25, -0.2) is 9.79 Å². The molecule has 1 aliphatic heterocycles. The van der Waals surface area contributed by atoms with Crippen LogP contribution >= 0.6 is 11.3 Å². The molecule has 0 saturated carbocycles. The highest BCUT2D eigenvalue weighted by atomic mass is 32.1. The molecule has 0 aliphatic carbocycles. The molecule has 4 rings (SSSR count). The van der Waals surface area contributed by atoms with Crippen molar-refractivity contribution >= 4 is 23.4 Å². The van der Waals surface area contributed by atoms with Crippen LogP contribution in [0.5, 0.6) is 17.2 Å². The number of nitrogens with zero attached hydrogens (tertiary/aromatic N) is 2. The summed E-state index contributed by atoms with van der Waals surface area (Å²) in [6.45, 7) is 5.56. The normalized spacial score (nSPS) is 15.6. The number of methoxy groups -OCH3 is 2. The van der Waals surface area contributed by atoms with Crippen LogP contribution in [0.25, 0.3) is 6.08 Å². The predicted octanol–water partition coefficient (Wildman–Crippen LogP) is 2.91. The molecule has 0 radical (unpaired) electrons. The van der Waals surface area contributed by atoms with Gasteiger partial charge >= 0.3 is 5.97 Å². The van der Waals surface area contributed by atoms with E-state index in [4.69, 9.17) is 14.2 Å². The van der Waals surface area contributed by atoms with Crippen molar-refractivity contribution < 1.29 is 24.1 Å². The lowest BCUT2D eigenvalue weighted by atomic mass is 9.95. The van der Waals surface area contributed by atoms with Gasteiger partial charge in [-0.2, -0.15) is 0 Å². The number of aromatic nitrogens is 1. The number of allylic oxidation sites excluding steroid dienone is 1. The number of benzene rings is 2. The zero-order valence-corrected chi connectivity index (χ0v) is 20.9. The van der Waals surface area contributed by atoms with Gasteiger partial charge in [0.1, 0.15) is 5.75 Å². The zero-order valence-electron chi connectivity index (χ0n) is 20.1. The molecule has 0 unspecified atom stereocenters. The van der Waals surface area contributed by atoms with Crippen molar-refractivity contribution in [2.45, 2.75) is 32.9 Å². The highest BCUT2D eigenvalue weighted by Crippen LogP contribution is 2.36. The van der Waals surface area contributed by atoms with Crippen LogP contribution in [-0.2, 0) is 9.53 Å². The van der Waals surface area contributed by atoms with Gasteiger partial charge in [0.25, 0.3) is 5.56 Å². The summed E-state index contributed by atoms with van der Waals surface area (Å²) in [5, 5.41) is 9.55. The quantitative estimate of drug-likeness (QED) is 0.529. The number of phenols is 1. The molecule has 3 aromatic rings. The Kier molecular flexibility index (Phi) is 6.79. The van der Waals surface area contributed by atoms with Gasteiger partial charge in [-0.3, -0.25) is 9.36 Å². The van der Waals surface area contributed by atoms with Gasteiger partial charge in [0.05, 0.1) is 42.2 Å². The Morgan fingerprint density at radius 2 is 1.86 bits per heavy atom. The van der Waals surface area contributed by atoms with E-state index in [1.165, 1.54) is 30.1 Å². The third-order valence-corrected chi connectivity index (χ3v) is 6.47. The van der Waals surface area contributed by atoms with E-state index in [9.17, 15) is 14.7 Å². The van der Waals surface area contributed by atoms with E-state index in [2.05, 4.69) is 4.99 Å². The van der Waals surface area contributed by atoms with Gasteiger partial charge < -0.3 is 19.3 Å². The number of carbonyl (C=O) groups is 1. The fourth-order valence-electron chi connectivity index (χ4n) is 3.94. The molecule has 9 heteroatoms. The molecule has 2 heterocycles. The summed E-state index contributed by atoms with van der Waals surface area (Å²) in [4.78, 5) is 31.5.